The summed E-state index contributed by atoms with van der Waals surface area (Å²) >= 11 is 2.77. The van der Waals surface area contributed by atoms with E-state index in [9.17, 15) is 13.2 Å². The molecular formula is C13H22N4O3S3. The third-order valence-electron chi connectivity index (χ3n) is 3.49. The average molecular weight is 379 g/mol. The first kappa shape index (κ1) is 18.5. The minimum Gasteiger partial charge on any atom is -0.360 e. The number of carbonyl (C=O) groups excluding carboxylic acids is 1. The summed E-state index contributed by atoms with van der Waals surface area (Å²) in [6, 6.07) is -0.181. The van der Waals surface area contributed by atoms with Gasteiger partial charge in [-0.3, -0.25) is 4.79 Å². The fraction of sp³-hybridized carbons (Fsp3) is 0.769. The van der Waals surface area contributed by atoms with Gasteiger partial charge in [0.1, 0.15) is 0 Å². The molecule has 0 spiro atoms. The highest BCUT2D eigenvalue weighted by Gasteiger charge is 2.34. The van der Waals surface area contributed by atoms with Crippen molar-refractivity contribution in [2.75, 3.05) is 35.7 Å². The van der Waals surface area contributed by atoms with Crippen LogP contribution in [0.5, 0.6) is 0 Å². The van der Waals surface area contributed by atoms with E-state index in [1.165, 1.54) is 23.1 Å². The molecule has 0 radical (unpaired) electrons. The quantitative estimate of drug-likeness (QED) is 0.685. The average Bonchev–Trinajstić information content (AvgIpc) is 3.09. The smallest absolute Gasteiger partial charge is 0.233 e. The molecule has 0 aliphatic carbocycles. The van der Waals surface area contributed by atoms with Gasteiger partial charge >= 0.3 is 0 Å². The fourth-order valence-electron chi connectivity index (χ4n) is 2.47. The number of anilines is 1. The molecule has 0 bridgehead atoms. The van der Waals surface area contributed by atoms with Gasteiger partial charge in [0.05, 0.1) is 17.3 Å². The van der Waals surface area contributed by atoms with Gasteiger partial charge in [0.15, 0.2) is 14.2 Å². The lowest BCUT2D eigenvalue weighted by Gasteiger charge is -2.27. The van der Waals surface area contributed by atoms with Gasteiger partial charge in [-0.2, -0.15) is 0 Å². The van der Waals surface area contributed by atoms with E-state index in [0.717, 1.165) is 22.4 Å². The van der Waals surface area contributed by atoms with Gasteiger partial charge < -0.3 is 10.2 Å². The number of hydrogen-bond donors (Lipinski definition) is 1. The molecule has 23 heavy (non-hydrogen) atoms. The van der Waals surface area contributed by atoms with Crippen molar-refractivity contribution in [2.24, 2.45) is 0 Å². The molecule has 1 fully saturated rings. The molecule has 1 aliphatic heterocycles. The Morgan fingerprint density at radius 3 is 2.83 bits per heavy atom. The van der Waals surface area contributed by atoms with Gasteiger partial charge in [-0.15, -0.1) is 10.2 Å². The Hall–Kier alpha value is -0.870. The maximum atomic E-state index is 12.5. The Labute approximate surface area is 145 Å². The molecule has 130 valence electrons. The van der Waals surface area contributed by atoms with Crippen molar-refractivity contribution in [3.8, 4) is 0 Å². The lowest BCUT2D eigenvalue weighted by atomic mass is 10.2. The Kier molecular flexibility index (Phi) is 6.66. The second-order valence-electron chi connectivity index (χ2n) is 5.34. The summed E-state index contributed by atoms with van der Waals surface area (Å²) in [4.78, 5) is 14.2. The summed E-state index contributed by atoms with van der Waals surface area (Å²) in [6.45, 7) is 5.34. The second kappa shape index (κ2) is 8.29. The second-order valence-corrected chi connectivity index (χ2v) is 9.76. The molecule has 2 rings (SSSR count). The van der Waals surface area contributed by atoms with Crippen molar-refractivity contribution >= 4 is 44.0 Å². The standard InChI is InChI=1S/C13H22N4O3S3/c1-3-6-17(10-5-7-23(19,20)9-10)11(18)8-21-13-16-15-12(22-13)14-4-2/h10H,3-9H2,1-2H3,(H,14,15)/t10-/m1/s1. The largest absolute Gasteiger partial charge is 0.360 e. The molecule has 1 amide bonds. The zero-order chi connectivity index (χ0) is 16.9. The minimum atomic E-state index is -2.99. The van der Waals surface area contributed by atoms with E-state index >= 15 is 0 Å². The zero-order valence-electron chi connectivity index (χ0n) is 13.3. The Morgan fingerprint density at radius 2 is 2.22 bits per heavy atom. The van der Waals surface area contributed by atoms with E-state index in [-0.39, 0.29) is 29.2 Å². The van der Waals surface area contributed by atoms with Gasteiger partial charge in [-0.25, -0.2) is 8.42 Å². The summed E-state index contributed by atoms with van der Waals surface area (Å²) in [5.41, 5.74) is 0. The number of nitrogens with one attached hydrogen (secondary N) is 1. The van der Waals surface area contributed by atoms with Crippen molar-refractivity contribution in [1.82, 2.24) is 15.1 Å². The zero-order valence-corrected chi connectivity index (χ0v) is 15.8. The first-order chi connectivity index (χ1) is 10.9. The molecule has 1 aromatic rings. The van der Waals surface area contributed by atoms with Crippen LogP contribution >= 0.6 is 23.1 Å². The summed E-state index contributed by atoms with van der Waals surface area (Å²) in [7, 11) is -2.99. The van der Waals surface area contributed by atoms with Crippen molar-refractivity contribution in [3.05, 3.63) is 0 Å². The Balaban J connectivity index is 1.92. The van der Waals surface area contributed by atoms with Gasteiger partial charge in [0.2, 0.25) is 11.0 Å². The molecule has 10 heteroatoms. The molecule has 1 atom stereocenters. The first-order valence-electron chi connectivity index (χ1n) is 7.65. The number of aromatic nitrogens is 2. The van der Waals surface area contributed by atoms with E-state index in [2.05, 4.69) is 15.5 Å². The summed E-state index contributed by atoms with van der Waals surface area (Å²) in [5.74, 6) is 0.504. The third kappa shape index (κ3) is 5.32. The number of amides is 1. The van der Waals surface area contributed by atoms with Gasteiger partial charge in [-0.05, 0) is 19.8 Å². The Morgan fingerprint density at radius 1 is 1.43 bits per heavy atom. The molecule has 7 nitrogen and oxygen atoms in total. The summed E-state index contributed by atoms with van der Waals surface area (Å²) in [6.07, 6.45) is 1.36. The van der Waals surface area contributed by atoms with E-state index in [1.807, 2.05) is 13.8 Å². The lowest BCUT2D eigenvalue weighted by molar-refractivity contribution is -0.130. The van der Waals surface area contributed by atoms with Crippen molar-refractivity contribution in [1.29, 1.82) is 0 Å². The number of carbonyl (C=O) groups is 1. The van der Waals surface area contributed by atoms with Gasteiger partial charge in [-0.1, -0.05) is 30.0 Å². The van der Waals surface area contributed by atoms with E-state index in [1.54, 1.807) is 4.90 Å². The molecule has 0 unspecified atom stereocenters. The Bertz CT molecular complexity index is 632. The molecule has 2 heterocycles. The normalized spacial score (nSPS) is 19.7. The molecule has 1 saturated heterocycles. The molecular weight excluding hydrogens is 356 g/mol. The maximum absolute atomic E-state index is 12.5. The van der Waals surface area contributed by atoms with Crippen LogP contribution in [0.4, 0.5) is 5.13 Å². The third-order valence-corrected chi connectivity index (χ3v) is 7.24. The van der Waals surface area contributed by atoms with Crippen LogP contribution in [-0.2, 0) is 14.6 Å². The summed E-state index contributed by atoms with van der Waals surface area (Å²) < 4.78 is 24.0. The van der Waals surface area contributed by atoms with Gasteiger partial charge in [0.25, 0.3) is 0 Å². The van der Waals surface area contributed by atoms with Crippen LogP contribution in [0.25, 0.3) is 0 Å². The lowest BCUT2D eigenvalue weighted by Crippen LogP contribution is -2.42. The monoisotopic (exact) mass is 378 g/mol. The van der Waals surface area contributed by atoms with Crippen LogP contribution in [0.15, 0.2) is 4.34 Å². The highest BCUT2D eigenvalue weighted by molar-refractivity contribution is 8.01. The van der Waals surface area contributed by atoms with Crippen molar-refractivity contribution < 1.29 is 13.2 Å². The van der Waals surface area contributed by atoms with Crippen molar-refractivity contribution in [2.45, 2.75) is 37.1 Å². The van der Waals surface area contributed by atoms with Crippen LogP contribution < -0.4 is 5.32 Å². The number of thioether (sulfide) groups is 1. The molecule has 0 saturated carbocycles. The van der Waals surface area contributed by atoms with Crippen LogP contribution in [-0.4, -0.2) is 65.8 Å². The topological polar surface area (TPSA) is 92.3 Å². The van der Waals surface area contributed by atoms with E-state index < -0.39 is 9.84 Å². The molecule has 0 aromatic carbocycles. The number of hydrogen-bond acceptors (Lipinski definition) is 8. The van der Waals surface area contributed by atoms with Crippen molar-refractivity contribution in [3.63, 3.8) is 0 Å². The van der Waals surface area contributed by atoms with Gasteiger partial charge in [0, 0.05) is 19.1 Å². The SMILES string of the molecule is CCCN(C(=O)CSc1nnc(NCC)s1)[C@@H]1CCS(=O)(=O)C1. The predicted molar refractivity (Wildman–Crippen MR) is 93.9 cm³/mol. The van der Waals surface area contributed by atoms with Crippen LogP contribution in [0.1, 0.15) is 26.7 Å². The van der Waals surface area contributed by atoms with E-state index in [0.29, 0.717) is 13.0 Å². The number of rotatable bonds is 8. The highest BCUT2D eigenvalue weighted by atomic mass is 32.2. The number of sulfone groups is 1. The molecule has 1 N–H and O–H groups in total. The molecule has 1 aliphatic rings. The predicted octanol–water partition coefficient (Wildman–Crippen LogP) is 1.49. The first-order valence-corrected chi connectivity index (χ1v) is 11.3. The van der Waals surface area contributed by atoms with Crippen LogP contribution in [0.3, 0.4) is 0 Å². The highest BCUT2D eigenvalue weighted by Crippen LogP contribution is 2.26. The van der Waals surface area contributed by atoms with Crippen LogP contribution in [0, 0.1) is 0 Å². The minimum absolute atomic E-state index is 0.0286. The maximum Gasteiger partial charge on any atom is 0.233 e. The van der Waals surface area contributed by atoms with Crippen LogP contribution in [0.2, 0.25) is 0 Å². The summed E-state index contributed by atoms with van der Waals surface area (Å²) in [5, 5.41) is 11.9. The molecule has 1 aromatic heterocycles. The van der Waals surface area contributed by atoms with E-state index in [4.69, 9.17) is 0 Å². The fourth-order valence-corrected chi connectivity index (χ4v) is 5.91. The number of nitrogens with zero attached hydrogens (tertiary/aromatic N) is 3.